The summed E-state index contributed by atoms with van der Waals surface area (Å²) in [6, 6.07) is 0.160. The van der Waals surface area contributed by atoms with Gasteiger partial charge in [-0.25, -0.2) is 8.42 Å². The summed E-state index contributed by atoms with van der Waals surface area (Å²) in [7, 11) is -2.77. The molecule has 14 heavy (non-hydrogen) atoms. The van der Waals surface area contributed by atoms with E-state index in [-0.39, 0.29) is 6.04 Å². The number of nitrogens with one attached hydrogen (secondary N) is 1. The Balaban J connectivity index is 2.28. The molecule has 0 aromatic rings. The van der Waals surface area contributed by atoms with E-state index >= 15 is 0 Å². The molecule has 0 aromatic heterocycles. The maximum Gasteiger partial charge on any atom is 0.151 e. The monoisotopic (exact) mass is 217 g/mol. The third-order valence-electron chi connectivity index (χ3n) is 2.45. The van der Waals surface area contributed by atoms with Crippen LogP contribution in [-0.4, -0.2) is 32.5 Å². The summed E-state index contributed by atoms with van der Waals surface area (Å²) < 4.78 is 22.6. The van der Waals surface area contributed by atoms with Gasteiger partial charge in [0.2, 0.25) is 0 Å². The van der Waals surface area contributed by atoms with E-state index in [2.05, 4.69) is 11.9 Å². The zero-order valence-electron chi connectivity index (χ0n) is 8.75. The summed E-state index contributed by atoms with van der Waals surface area (Å²) in [5.74, 6) is 0.675. The Kier molecular flexibility index (Phi) is 4.13. The first-order valence-electron chi connectivity index (χ1n) is 5.08. The molecule has 0 radical (unpaired) electrons. The average molecular weight is 217 g/mol. The van der Waals surface area contributed by atoms with Crippen LogP contribution in [0.15, 0.2) is 12.2 Å². The molecular weight excluding hydrogens is 198 g/mol. The van der Waals surface area contributed by atoms with E-state index in [9.17, 15) is 8.42 Å². The first-order chi connectivity index (χ1) is 6.49. The van der Waals surface area contributed by atoms with Crippen molar-refractivity contribution in [3.8, 4) is 0 Å². The fourth-order valence-corrected chi connectivity index (χ4v) is 3.34. The first-order valence-corrected chi connectivity index (χ1v) is 6.90. The van der Waals surface area contributed by atoms with Crippen LogP contribution in [0, 0.1) is 0 Å². The van der Waals surface area contributed by atoms with Gasteiger partial charge in [-0.2, -0.15) is 0 Å². The van der Waals surface area contributed by atoms with Gasteiger partial charge in [0.15, 0.2) is 9.84 Å². The highest BCUT2D eigenvalue weighted by Gasteiger charge is 2.23. The third kappa shape index (κ3) is 4.24. The van der Waals surface area contributed by atoms with Crippen LogP contribution in [0.2, 0.25) is 0 Å². The van der Waals surface area contributed by atoms with Gasteiger partial charge in [-0.15, -0.1) is 6.58 Å². The van der Waals surface area contributed by atoms with E-state index in [0.717, 1.165) is 31.4 Å². The van der Waals surface area contributed by atoms with Crippen LogP contribution >= 0.6 is 0 Å². The fraction of sp³-hybridized carbons (Fsp3) is 0.800. The van der Waals surface area contributed by atoms with Crippen molar-refractivity contribution in [1.29, 1.82) is 0 Å². The van der Waals surface area contributed by atoms with Crippen molar-refractivity contribution in [1.82, 2.24) is 5.32 Å². The van der Waals surface area contributed by atoms with Gasteiger partial charge >= 0.3 is 0 Å². The van der Waals surface area contributed by atoms with Crippen LogP contribution < -0.4 is 5.32 Å². The Morgan fingerprint density at radius 2 is 2.29 bits per heavy atom. The van der Waals surface area contributed by atoms with Crippen LogP contribution in [0.5, 0.6) is 0 Å². The van der Waals surface area contributed by atoms with E-state index in [1.807, 2.05) is 6.92 Å². The molecule has 1 fully saturated rings. The summed E-state index contributed by atoms with van der Waals surface area (Å²) in [6.45, 7) is 6.64. The molecule has 0 aromatic carbocycles. The minimum Gasteiger partial charge on any atom is -0.313 e. The van der Waals surface area contributed by atoms with E-state index < -0.39 is 9.84 Å². The lowest BCUT2D eigenvalue weighted by Crippen LogP contribution is -2.40. The molecular formula is C10H19NO2S. The predicted molar refractivity (Wildman–Crippen MR) is 59.1 cm³/mol. The number of rotatable bonds is 4. The molecule has 0 saturated carbocycles. The standard InChI is InChI=1S/C10H19NO2S/c1-9(2)5-6-11-10-4-3-7-14(12,13)8-10/h10-11H,1,3-8H2,2H3. The molecule has 0 aliphatic carbocycles. The molecule has 1 saturated heterocycles. The first kappa shape index (κ1) is 11.7. The van der Waals surface area contributed by atoms with Gasteiger partial charge in [0.1, 0.15) is 0 Å². The Labute approximate surface area is 86.5 Å². The third-order valence-corrected chi connectivity index (χ3v) is 4.27. The molecule has 1 heterocycles. The molecule has 1 aliphatic heterocycles. The lowest BCUT2D eigenvalue weighted by molar-refractivity contribution is 0.483. The minimum absolute atomic E-state index is 0.160. The van der Waals surface area contributed by atoms with Gasteiger partial charge in [0.05, 0.1) is 11.5 Å². The smallest absolute Gasteiger partial charge is 0.151 e. The molecule has 1 rings (SSSR count). The summed E-state index contributed by atoms with van der Waals surface area (Å²) in [5, 5.41) is 3.27. The van der Waals surface area contributed by atoms with E-state index in [4.69, 9.17) is 0 Å². The van der Waals surface area contributed by atoms with Gasteiger partial charge < -0.3 is 5.32 Å². The van der Waals surface area contributed by atoms with Crippen molar-refractivity contribution < 1.29 is 8.42 Å². The maximum absolute atomic E-state index is 11.3. The molecule has 1 unspecified atom stereocenters. The van der Waals surface area contributed by atoms with Gasteiger partial charge in [0.25, 0.3) is 0 Å². The normalized spacial score (nSPS) is 25.9. The number of sulfone groups is 1. The summed E-state index contributed by atoms with van der Waals surface area (Å²) >= 11 is 0. The van der Waals surface area contributed by atoms with E-state index in [0.29, 0.717) is 11.5 Å². The fourth-order valence-electron chi connectivity index (χ4n) is 1.67. The highest BCUT2D eigenvalue weighted by atomic mass is 32.2. The van der Waals surface area contributed by atoms with Gasteiger partial charge in [-0.05, 0) is 32.7 Å². The van der Waals surface area contributed by atoms with Gasteiger partial charge in [-0.1, -0.05) is 5.57 Å². The van der Waals surface area contributed by atoms with Crippen LogP contribution in [0.1, 0.15) is 26.2 Å². The Bertz CT molecular complexity index is 295. The largest absolute Gasteiger partial charge is 0.313 e. The average Bonchev–Trinajstić information content (AvgIpc) is 2.01. The number of hydrogen-bond donors (Lipinski definition) is 1. The summed E-state index contributed by atoms with van der Waals surface area (Å²) in [6.07, 6.45) is 2.71. The molecule has 1 atom stereocenters. The predicted octanol–water partition coefficient (Wildman–Crippen LogP) is 1.12. The highest BCUT2D eigenvalue weighted by molar-refractivity contribution is 7.91. The van der Waals surface area contributed by atoms with Crippen molar-refractivity contribution >= 4 is 9.84 Å². The van der Waals surface area contributed by atoms with Gasteiger partial charge in [0, 0.05) is 6.04 Å². The Morgan fingerprint density at radius 1 is 1.57 bits per heavy atom. The molecule has 1 N–H and O–H groups in total. The molecule has 0 amide bonds. The zero-order valence-corrected chi connectivity index (χ0v) is 9.57. The molecule has 3 nitrogen and oxygen atoms in total. The van der Waals surface area contributed by atoms with Crippen molar-refractivity contribution in [3.63, 3.8) is 0 Å². The van der Waals surface area contributed by atoms with E-state index in [1.165, 1.54) is 0 Å². The van der Waals surface area contributed by atoms with Crippen LogP contribution in [0.3, 0.4) is 0 Å². The number of hydrogen-bond acceptors (Lipinski definition) is 3. The van der Waals surface area contributed by atoms with Crippen molar-refractivity contribution in [3.05, 3.63) is 12.2 Å². The zero-order chi connectivity index (χ0) is 10.6. The second kappa shape index (κ2) is 4.94. The molecule has 82 valence electrons. The molecule has 4 heteroatoms. The van der Waals surface area contributed by atoms with Crippen molar-refractivity contribution in [2.45, 2.75) is 32.2 Å². The topological polar surface area (TPSA) is 46.2 Å². The van der Waals surface area contributed by atoms with Crippen LogP contribution in [0.25, 0.3) is 0 Å². The lowest BCUT2D eigenvalue weighted by atomic mass is 10.1. The quantitative estimate of drug-likeness (QED) is 0.718. The maximum atomic E-state index is 11.3. The van der Waals surface area contributed by atoms with Crippen LogP contribution in [0.4, 0.5) is 0 Å². The molecule has 0 bridgehead atoms. The summed E-state index contributed by atoms with van der Waals surface area (Å²) in [5.41, 5.74) is 1.14. The Hall–Kier alpha value is -0.350. The SMILES string of the molecule is C=C(C)CCNC1CCCS(=O)(=O)C1. The molecule has 0 spiro atoms. The van der Waals surface area contributed by atoms with Gasteiger partial charge in [-0.3, -0.25) is 0 Å². The molecule has 1 aliphatic rings. The van der Waals surface area contributed by atoms with Crippen molar-refractivity contribution in [2.75, 3.05) is 18.1 Å². The summed E-state index contributed by atoms with van der Waals surface area (Å²) in [4.78, 5) is 0. The Morgan fingerprint density at radius 3 is 2.86 bits per heavy atom. The van der Waals surface area contributed by atoms with Crippen LogP contribution in [-0.2, 0) is 9.84 Å². The lowest BCUT2D eigenvalue weighted by Gasteiger charge is -2.23. The minimum atomic E-state index is -2.77. The van der Waals surface area contributed by atoms with Crippen molar-refractivity contribution in [2.24, 2.45) is 0 Å². The highest BCUT2D eigenvalue weighted by Crippen LogP contribution is 2.11. The second-order valence-corrected chi connectivity index (χ2v) is 6.34. The second-order valence-electron chi connectivity index (χ2n) is 4.11. The van der Waals surface area contributed by atoms with E-state index in [1.54, 1.807) is 0 Å².